The van der Waals surface area contributed by atoms with Gasteiger partial charge in [-0.1, -0.05) is 36.4 Å². The summed E-state index contributed by atoms with van der Waals surface area (Å²) in [4.78, 5) is 24.8. The molecule has 0 amide bonds. The maximum Gasteiger partial charge on any atom is 0.340 e. The molecular weight excluding hydrogens is 360 g/mol. The Bertz CT molecular complexity index is 1100. The van der Waals surface area contributed by atoms with Crippen LogP contribution in [-0.2, 0) is 0 Å². The summed E-state index contributed by atoms with van der Waals surface area (Å²) in [6.45, 7) is 0. The molecule has 1 atom stereocenters. The topological polar surface area (TPSA) is 82.1 Å². The number of carbonyl (C=O) groups excluding carboxylic acids is 1. The monoisotopic (exact) mass is 378 g/mol. The van der Waals surface area contributed by atoms with Crippen molar-refractivity contribution >= 4 is 22.5 Å². The molecule has 4 rings (SSSR count). The molecule has 0 radical (unpaired) electrons. The van der Waals surface area contributed by atoms with Crippen molar-refractivity contribution in [3.8, 4) is 17.2 Å². The van der Waals surface area contributed by atoms with E-state index in [1.165, 1.54) is 14.2 Å². The fourth-order valence-electron chi connectivity index (χ4n) is 3.66. The van der Waals surface area contributed by atoms with Gasteiger partial charge in [0.05, 0.1) is 26.2 Å². The molecule has 1 N–H and O–H groups in total. The third kappa shape index (κ3) is 2.74. The van der Waals surface area contributed by atoms with Crippen LogP contribution >= 0.6 is 0 Å². The third-order valence-electron chi connectivity index (χ3n) is 4.95. The lowest BCUT2D eigenvalue weighted by atomic mass is 9.91. The van der Waals surface area contributed by atoms with E-state index in [4.69, 9.17) is 14.2 Å². The summed E-state index contributed by atoms with van der Waals surface area (Å²) < 4.78 is 16.7. The summed E-state index contributed by atoms with van der Waals surface area (Å²) in [6.07, 6.45) is -0.696. The summed E-state index contributed by atoms with van der Waals surface area (Å²) in [7, 11) is 2.82. The van der Waals surface area contributed by atoms with Crippen LogP contribution < -0.4 is 14.2 Å². The number of hydrogen-bond donors (Lipinski definition) is 1. The SMILES string of the molecule is COc1ccc([C@H]2CC(=O)c3ccc4ccccc4c3O2)c(C(=O)O)c1OC. The van der Waals surface area contributed by atoms with Crippen LogP contribution in [0.3, 0.4) is 0 Å². The van der Waals surface area contributed by atoms with Crippen LogP contribution in [0.25, 0.3) is 10.8 Å². The molecule has 0 aliphatic carbocycles. The molecule has 3 aromatic carbocycles. The van der Waals surface area contributed by atoms with Crippen molar-refractivity contribution < 1.29 is 28.9 Å². The second kappa shape index (κ2) is 6.88. The van der Waals surface area contributed by atoms with Crippen LogP contribution in [0.4, 0.5) is 0 Å². The van der Waals surface area contributed by atoms with Gasteiger partial charge in [-0.05, 0) is 17.5 Å². The van der Waals surface area contributed by atoms with Crippen LogP contribution in [0, 0.1) is 0 Å². The quantitative estimate of drug-likeness (QED) is 0.730. The number of carboxylic acids is 1. The number of hydrogen-bond acceptors (Lipinski definition) is 5. The van der Waals surface area contributed by atoms with Gasteiger partial charge in [0.25, 0.3) is 0 Å². The lowest BCUT2D eigenvalue weighted by Gasteiger charge is -2.28. The average Bonchev–Trinajstić information content (AvgIpc) is 2.72. The van der Waals surface area contributed by atoms with Crippen LogP contribution in [0.1, 0.15) is 38.8 Å². The second-order valence-electron chi connectivity index (χ2n) is 6.47. The predicted octanol–water partition coefficient (Wildman–Crippen LogP) is 4.26. The van der Waals surface area contributed by atoms with E-state index in [0.29, 0.717) is 22.6 Å². The smallest absolute Gasteiger partial charge is 0.340 e. The third-order valence-corrected chi connectivity index (χ3v) is 4.95. The van der Waals surface area contributed by atoms with E-state index < -0.39 is 12.1 Å². The van der Waals surface area contributed by atoms with Gasteiger partial charge in [-0.15, -0.1) is 0 Å². The van der Waals surface area contributed by atoms with Crippen molar-refractivity contribution in [3.63, 3.8) is 0 Å². The minimum atomic E-state index is -1.18. The van der Waals surface area contributed by atoms with E-state index in [2.05, 4.69) is 0 Å². The Morgan fingerprint density at radius 3 is 2.57 bits per heavy atom. The Balaban J connectivity index is 1.88. The maximum atomic E-state index is 12.8. The van der Waals surface area contributed by atoms with E-state index >= 15 is 0 Å². The molecule has 28 heavy (non-hydrogen) atoms. The first kappa shape index (κ1) is 17.9. The standard InChI is InChI=1S/C22H18O6/c1-26-17-10-9-15(19(22(24)25)21(17)27-2)18-11-16(23)14-8-7-12-5-3-4-6-13(12)20(14)28-18/h3-10,18H,11H2,1-2H3,(H,24,25)/t18-/m1/s1. The summed E-state index contributed by atoms with van der Waals surface area (Å²) in [5, 5.41) is 11.5. The number of ketones is 1. The van der Waals surface area contributed by atoms with Gasteiger partial charge < -0.3 is 19.3 Å². The number of carboxylic acid groups (broad SMARTS) is 1. The molecule has 0 saturated carbocycles. The van der Waals surface area contributed by atoms with Crippen molar-refractivity contribution in [1.29, 1.82) is 0 Å². The van der Waals surface area contributed by atoms with E-state index in [9.17, 15) is 14.7 Å². The van der Waals surface area contributed by atoms with Crippen molar-refractivity contribution in [2.75, 3.05) is 14.2 Å². The fourth-order valence-corrected chi connectivity index (χ4v) is 3.66. The van der Waals surface area contributed by atoms with Crippen LogP contribution in [0.2, 0.25) is 0 Å². The highest BCUT2D eigenvalue weighted by Gasteiger charge is 2.33. The number of ether oxygens (including phenoxy) is 3. The van der Waals surface area contributed by atoms with Gasteiger partial charge in [-0.3, -0.25) is 4.79 Å². The second-order valence-corrected chi connectivity index (χ2v) is 6.47. The highest BCUT2D eigenvalue weighted by molar-refractivity contribution is 6.06. The van der Waals surface area contributed by atoms with Crippen LogP contribution in [0.15, 0.2) is 48.5 Å². The molecule has 1 aliphatic rings. The zero-order valence-electron chi connectivity index (χ0n) is 15.4. The summed E-state index contributed by atoms with van der Waals surface area (Å²) in [6, 6.07) is 14.5. The van der Waals surface area contributed by atoms with E-state index in [0.717, 1.165) is 10.8 Å². The minimum Gasteiger partial charge on any atom is -0.493 e. The first-order chi connectivity index (χ1) is 13.5. The maximum absolute atomic E-state index is 12.8. The van der Waals surface area contributed by atoms with Crippen molar-refractivity contribution in [3.05, 3.63) is 65.2 Å². The zero-order valence-corrected chi connectivity index (χ0v) is 15.4. The van der Waals surface area contributed by atoms with Crippen LogP contribution in [0.5, 0.6) is 17.2 Å². The van der Waals surface area contributed by atoms with Gasteiger partial charge >= 0.3 is 5.97 Å². The molecule has 0 unspecified atom stereocenters. The molecule has 6 heteroatoms. The Morgan fingerprint density at radius 2 is 1.86 bits per heavy atom. The number of Topliss-reactive ketones (excluding diaryl/α,β-unsaturated/α-hetero) is 1. The lowest BCUT2D eigenvalue weighted by Crippen LogP contribution is -2.23. The van der Waals surface area contributed by atoms with Gasteiger partial charge in [0.1, 0.15) is 17.4 Å². The predicted molar refractivity (Wildman–Crippen MR) is 103 cm³/mol. The van der Waals surface area contributed by atoms with Gasteiger partial charge in [0.2, 0.25) is 0 Å². The van der Waals surface area contributed by atoms with Crippen molar-refractivity contribution in [2.45, 2.75) is 12.5 Å². The molecule has 142 valence electrons. The zero-order chi connectivity index (χ0) is 19.8. The van der Waals surface area contributed by atoms with E-state index in [-0.39, 0.29) is 23.5 Å². The van der Waals surface area contributed by atoms with Gasteiger partial charge in [0, 0.05) is 10.9 Å². The number of aromatic carboxylic acids is 1. The normalized spacial score (nSPS) is 15.6. The first-order valence-electron chi connectivity index (χ1n) is 8.75. The summed E-state index contributed by atoms with van der Waals surface area (Å²) >= 11 is 0. The van der Waals surface area contributed by atoms with Crippen molar-refractivity contribution in [2.24, 2.45) is 0 Å². The molecule has 0 saturated heterocycles. The van der Waals surface area contributed by atoms with E-state index in [1.54, 1.807) is 18.2 Å². The highest BCUT2D eigenvalue weighted by Crippen LogP contribution is 2.43. The summed E-state index contributed by atoms with van der Waals surface area (Å²) in [5.41, 5.74) is 0.813. The van der Waals surface area contributed by atoms with Gasteiger partial charge in [0.15, 0.2) is 17.3 Å². The number of rotatable bonds is 4. The number of benzene rings is 3. The molecule has 0 fully saturated rings. The molecule has 1 heterocycles. The fraction of sp³-hybridized carbons (Fsp3) is 0.182. The molecule has 3 aromatic rings. The largest absolute Gasteiger partial charge is 0.493 e. The molecule has 1 aliphatic heterocycles. The van der Waals surface area contributed by atoms with E-state index in [1.807, 2.05) is 30.3 Å². The van der Waals surface area contributed by atoms with Crippen LogP contribution in [-0.4, -0.2) is 31.1 Å². The molecule has 6 nitrogen and oxygen atoms in total. The lowest BCUT2D eigenvalue weighted by molar-refractivity contribution is 0.0678. The Kier molecular flexibility index (Phi) is 4.39. The number of fused-ring (bicyclic) bond motifs is 3. The summed E-state index contributed by atoms with van der Waals surface area (Å²) in [5.74, 6) is -0.386. The Labute approximate surface area is 161 Å². The highest BCUT2D eigenvalue weighted by atomic mass is 16.5. The molecule has 0 bridgehead atoms. The number of methoxy groups -OCH3 is 2. The molecular formula is C22H18O6. The van der Waals surface area contributed by atoms with Gasteiger partial charge in [-0.2, -0.15) is 0 Å². The molecule has 0 spiro atoms. The Hall–Kier alpha value is -3.54. The molecule has 0 aromatic heterocycles. The number of carbonyl (C=O) groups is 2. The minimum absolute atomic E-state index is 0.0428. The van der Waals surface area contributed by atoms with Crippen molar-refractivity contribution in [1.82, 2.24) is 0 Å². The van der Waals surface area contributed by atoms with Gasteiger partial charge in [-0.25, -0.2) is 4.79 Å². The average molecular weight is 378 g/mol. The Morgan fingerprint density at radius 1 is 1.07 bits per heavy atom. The first-order valence-corrected chi connectivity index (χ1v) is 8.75.